The van der Waals surface area contributed by atoms with Crippen LogP contribution in [0.5, 0.6) is 0 Å². The summed E-state index contributed by atoms with van der Waals surface area (Å²) in [6.45, 7) is 4.19. The lowest BCUT2D eigenvalue weighted by atomic mass is 9.81. The number of nitrogens with zero attached hydrogens (tertiary/aromatic N) is 3. The van der Waals surface area contributed by atoms with E-state index in [4.69, 9.17) is 0 Å². The van der Waals surface area contributed by atoms with Crippen LogP contribution in [-0.4, -0.2) is 38.5 Å². The third-order valence-corrected chi connectivity index (χ3v) is 4.90. The first-order valence-electron chi connectivity index (χ1n) is 7.60. The van der Waals surface area contributed by atoms with E-state index in [0.29, 0.717) is 12.5 Å². The lowest BCUT2D eigenvalue weighted by Gasteiger charge is -2.46. The van der Waals surface area contributed by atoms with Gasteiger partial charge in [0.15, 0.2) is 0 Å². The van der Waals surface area contributed by atoms with Crippen molar-refractivity contribution in [2.24, 2.45) is 7.05 Å². The minimum atomic E-state index is -0.0724. The van der Waals surface area contributed by atoms with E-state index in [1.54, 1.807) is 0 Å². The molecule has 0 radical (unpaired) electrons. The summed E-state index contributed by atoms with van der Waals surface area (Å²) in [5, 5.41) is 3.25. The van der Waals surface area contributed by atoms with E-state index in [1.165, 1.54) is 12.8 Å². The Morgan fingerprint density at radius 3 is 3.10 bits per heavy atom. The molecule has 1 aromatic rings. The fourth-order valence-corrected chi connectivity index (χ4v) is 3.75. The normalized spacial score (nSPS) is 31.5. The Morgan fingerprint density at radius 1 is 1.50 bits per heavy atom. The van der Waals surface area contributed by atoms with Gasteiger partial charge in [0.1, 0.15) is 5.82 Å². The summed E-state index contributed by atoms with van der Waals surface area (Å²) in [6.07, 6.45) is 8.94. The van der Waals surface area contributed by atoms with Crippen LogP contribution in [0.25, 0.3) is 0 Å². The second kappa shape index (κ2) is 5.20. The summed E-state index contributed by atoms with van der Waals surface area (Å²) in [5.41, 5.74) is -0.0724. The van der Waals surface area contributed by atoms with Crippen LogP contribution in [0.2, 0.25) is 0 Å². The van der Waals surface area contributed by atoms with Crippen molar-refractivity contribution in [1.29, 1.82) is 0 Å². The van der Waals surface area contributed by atoms with Gasteiger partial charge < -0.3 is 9.88 Å². The minimum absolute atomic E-state index is 0.0724. The van der Waals surface area contributed by atoms with E-state index in [0.717, 1.165) is 31.8 Å². The van der Waals surface area contributed by atoms with Crippen molar-refractivity contribution in [3.63, 3.8) is 0 Å². The summed E-state index contributed by atoms with van der Waals surface area (Å²) < 4.78 is 2.09. The maximum atomic E-state index is 11.8. The van der Waals surface area contributed by atoms with E-state index in [2.05, 4.69) is 26.7 Å². The summed E-state index contributed by atoms with van der Waals surface area (Å²) in [4.78, 5) is 18.7. The Balaban J connectivity index is 1.82. The van der Waals surface area contributed by atoms with Gasteiger partial charge in [0, 0.05) is 31.9 Å². The molecule has 20 heavy (non-hydrogen) atoms. The van der Waals surface area contributed by atoms with Crippen LogP contribution < -0.4 is 5.32 Å². The van der Waals surface area contributed by atoms with Gasteiger partial charge in [-0.1, -0.05) is 0 Å². The van der Waals surface area contributed by atoms with Crippen LogP contribution in [0, 0.1) is 0 Å². The Hall–Kier alpha value is -1.36. The summed E-state index contributed by atoms with van der Waals surface area (Å²) >= 11 is 0. The molecule has 5 heteroatoms. The number of likely N-dealkylation sites (tertiary alicyclic amines) is 1. The average Bonchev–Trinajstić information content (AvgIpc) is 2.71. The van der Waals surface area contributed by atoms with Crippen molar-refractivity contribution in [3.8, 4) is 0 Å². The van der Waals surface area contributed by atoms with Crippen molar-refractivity contribution in [2.45, 2.75) is 57.2 Å². The molecule has 0 bridgehead atoms. The van der Waals surface area contributed by atoms with Crippen LogP contribution in [0.3, 0.4) is 0 Å². The van der Waals surface area contributed by atoms with Crippen LogP contribution in [-0.2, 0) is 18.4 Å². The molecule has 0 saturated carbocycles. The molecule has 3 rings (SSSR count). The molecular weight excluding hydrogens is 252 g/mol. The van der Waals surface area contributed by atoms with E-state index in [9.17, 15) is 4.79 Å². The molecule has 0 unspecified atom stereocenters. The molecule has 2 saturated heterocycles. The second-order valence-electron chi connectivity index (χ2n) is 6.40. The standard InChI is InChI=1S/C15H24N4O/c1-15-7-3-4-9-19(11-13-16-8-10-18(13)2)12(15)5-6-14(20)17-15/h8,10,12H,3-7,9,11H2,1-2H3,(H,17,20)/t12-,15-/m0/s1. The molecule has 0 aromatic carbocycles. The smallest absolute Gasteiger partial charge is 0.220 e. The highest BCUT2D eigenvalue weighted by Crippen LogP contribution is 2.33. The molecule has 2 atom stereocenters. The summed E-state index contributed by atoms with van der Waals surface area (Å²) in [6, 6.07) is 0.430. The van der Waals surface area contributed by atoms with Gasteiger partial charge in [-0.15, -0.1) is 0 Å². The highest BCUT2D eigenvalue weighted by Gasteiger charge is 2.43. The van der Waals surface area contributed by atoms with Gasteiger partial charge >= 0.3 is 0 Å². The zero-order chi connectivity index (χ0) is 14.2. The lowest BCUT2D eigenvalue weighted by Crippen LogP contribution is -2.62. The fourth-order valence-electron chi connectivity index (χ4n) is 3.75. The van der Waals surface area contributed by atoms with Gasteiger partial charge in [-0.05, 0) is 39.2 Å². The Morgan fingerprint density at radius 2 is 2.35 bits per heavy atom. The Bertz CT molecular complexity index is 498. The predicted molar refractivity (Wildman–Crippen MR) is 77.0 cm³/mol. The molecule has 1 amide bonds. The number of hydrogen-bond donors (Lipinski definition) is 1. The van der Waals surface area contributed by atoms with Crippen LogP contribution in [0.4, 0.5) is 0 Å². The maximum Gasteiger partial charge on any atom is 0.220 e. The summed E-state index contributed by atoms with van der Waals surface area (Å²) in [5.74, 6) is 1.31. The Labute approximate surface area is 120 Å². The van der Waals surface area contributed by atoms with E-state index >= 15 is 0 Å². The number of carbonyl (C=O) groups is 1. The molecule has 1 N–H and O–H groups in total. The van der Waals surface area contributed by atoms with Crippen molar-refractivity contribution in [3.05, 3.63) is 18.2 Å². The number of piperidine rings is 1. The van der Waals surface area contributed by atoms with Gasteiger partial charge in [0.2, 0.25) is 5.91 Å². The first kappa shape index (κ1) is 13.6. The van der Waals surface area contributed by atoms with Gasteiger partial charge in [0.25, 0.3) is 0 Å². The first-order valence-corrected chi connectivity index (χ1v) is 7.60. The number of aryl methyl sites for hydroxylation is 1. The number of nitrogens with one attached hydrogen (secondary N) is 1. The van der Waals surface area contributed by atoms with Crippen LogP contribution in [0.1, 0.15) is 44.9 Å². The highest BCUT2D eigenvalue weighted by molar-refractivity contribution is 5.78. The molecule has 2 aliphatic rings. The number of amides is 1. The van der Waals surface area contributed by atoms with Gasteiger partial charge in [-0.25, -0.2) is 4.98 Å². The number of aromatic nitrogens is 2. The lowest BCUT2D eigenvalue weighted by molar-refractivity contribution is -0.127. The zero-order valence-electron chi connectivity index (χ0n) is 12.4. The topological polar surface area (TPSA) is 50.2 Å². The van der Waals surface area contributed by atoms with Crippen molar-refractivity contribution >= 4 is 5.91 Å². The minimum Gasteiger partial charge on any atom is -0.349 e. The van der Waals surface area contributed by atoms with Crippen LogP contribution >= 0.6 is 0 Å². The first-order chi connectivity index (χ1) is 9.58. The molecule has 110 valence electrons. The quantitative estimate of drug-likeness (QED) is 0.889. The predicted octanol–water partition coefficient (Wildman–Crippen LogP) is 1.44. The molecule has 0 spiro atoms. The summed E-state index contributed by atoms with van der Waals surface area (Å²) in [7, 11) is 2.04. The van der Waals surface area contributed by atoms with Crippen molar-refractivity contribution < 1.29 is 4.79 Å². The largest absolute Gasteiger partial charge is 0.349 e. The molecule has 2 aliphatic heterocycles. The maximum absolute atomic E-state index is 11.8. The average molecular weight is 276 g/mol. The monoisotopic (exact) mass is 276 g/mol. The SMILES string of the molecule is Cn1ccnc1CN1CCCC[C@]2(C)NC(=O)CC[C@H]12. The van der Waals surface area contributed by atoms with Crippen molar-refractivity contribution in [1.82, 2.24) is 19.8 Å². The second-order valence-corrected chi connectivity index (χ2v) is 6.40. The van der Waals surface area contributed by atoms with Crippen molar-refractivity contribution in [2.75, 3.05) is 6.54 Å². The molecular formula is C15H24N4O. The molecule has 0 aliphatic carbocycles. The molecule has 5 nitrogen and oxygen atoms in total. The molecule has 1 aromatic heterocycles. The third kappa shape index (κ3) is 2.46. The van der Waals surface area contributed by atoms with E-state index < -0.39 is 0 Å². The van der Waals surface area contributed by atoms with Crippen LogP contribution in [0.15, 0.2) is 12.4 Å². The Kier molecular flexibility index (Phi) is 3.54. The van der Waals surface area contributed by atoms with E-state index in [-0.39, 0.29) is 11.4 Å². The third-order valence-electron chi connectivity index (χ3n) is 4.90. The van der Waals surface area contributed by atoms with E-state index in [1.807, 2.05) is 19.4 Å². The zero-order valence-corrected chi connectivity index (χ0v) is 12.4. The number of carbonyl (C=O) groups excluding carboxylic acids is 1. The highest BCUT2D eigenvalue weighted by atomic mass is 16.1. The van der Waals surface area contributed by atoms with Gasteiger partial charge in [-0.3, -0.25) is 9.69 Å². The number of imidazole rings is 1. The number of hydrogen-bond acceptors (Lipinski definition) is 3. The van der Waals surface area contributed by atoms with Gasteiger partial charge in [0.05, 0.1) is 12.1 Å². The fraction of sp³-hybridized carbons (Fsp3) is 0.733. The molecule has 3 heterocycles. The number of fused-ring (bicyclic) bond motifs is 1. The number of rotatable bonds is 2. The molecule has 2 fully saturated rings. The van der Waals surface area contributed by atoms with Gasteiger partial charge in [-0.2, -0.15) is 0 Å².